The molecule has 0 bridgehead atoms. The van der Waals surface area contributed by atoms with Crippen molar-refractivity contribution in [1.82, 2.24) is 4.90 Å². The van der Waals surface area contributed by atoms with Crippen molar-refractivity contribution in [1.29, 1.82) is 0 Å². The van der Waals surface area contributed by atoms with Gasteiger partial charge in [-0.2, -0.15) is 0 Å². The minimum Gasteiger partial charge on any atom is -0.493 e. The van der Waals surface area contributed by atoms with Gasteiger partial charge in [-0.05, 0) is 36.5 Å². The quantitative estimate of drug-likeness (QED) is 0.921. The van der Waals surface area contributed by atoms with Crippen LogP contribution in [0, 0.1) is 5.92 Å². The number of halogens is 1. The number of nitrogens with zero attached hydrogens (tertiary/aromatic N) is 1. The van der Waals surface area contributed by atoms with E-state index in [-0.39, 0.29) is 0 Å². The molecule has 0 amide bonds. The average Bonchev–Trinajstić information content (AvgIpc) is 3.07. The van der Waals surface area contributed by atoms with Gasteiger partial charge in [0.2, 0.25) is 0 Å². The van der Waals surface area contributed by atoms with Gasteiger partial charge in [-0.15, -0.1) is 0 Å². The normalized spacial score (nSPS) is 24.7. The molecule has 1 N–H and O–H groups in total. The predicted molar refractivity (Wildman–Crippen MR) is 73.6 cm³/mol. The van der Waals surface area contributed by atoms with Crippen LogP contribution in [0.5, 0.6) is 5.75 Å². The SMILES string of the molecule is OC1(C2CC2)CN(Cc2cc(Cl)cc3c2OCC3)C1. The lowest BCUT2D eigenvalue weighted by Gasteiger charge is -2.47. The maximum absolute atomic E-state index is 10.3. The van der Waals surface area contributed by atoms with Gasteiger partial charge in [-0.3, -0.25) is 4.90 Å². The highest BCUT2D eigenvalue weighted by molar-refractivity contribution is 6.30. The summed E-state index contributed by atoms with van der Waals surface area (Å²) >= 11 is 6.17. The van der Waals surface area contributed by atoms with E-state index < -0.39 is 5.60 Å². The van der Waals surface area contributed by atoms with Gasteiger partial charge in [0.15, 0.2) is 0 Å². The van der Waals surface area contributed by atoms with Crippen LogP contribution < -0.4 is 4.74 Å². The zero-order chi connectivity index (χ0) is 13.0. The molecule has 4 rings (SSSR count). The summed E-state index contributed by atoms with van der Waals surface area (Å²) in [5.74, 6) is 1.57. The van der Waals surface area contributed by atoms with Crippen LogP contribution in [0.25, 0.3) is 0 Å². The van der Waals surface area contributed by atoms with E-state index in [1.54, 1.807) is 0 Å². The number of benzene rings is 1. The van der Waals surface area contributed by atoms with Crippen molar-refractivity contribution in [2.45, 2.75) is 31.4 Å². The third-order valence-corrected chi connectivity index (χ3v) is 4.77. The largest absolute Gasteiger partial charge is 0.493 e. The summed E-state index contributed by atoms with van der Waals surface area (Å²) in [6, 6.07) is 4.00. The van der Waals surface area contributed by atoms with Crippen molar-refractivity contribution in [3.8, 4) is 5.75 Å². The summed E-state index contributed by atoms with van der Waals surface area (Å²) < 4.78 is 5.72. The number of fused-ring (bicyclic) bond motifs is 1. The maximum Gasteiger partial charge on any atom is 0.127 e. The number of rotatable bonds is 3. The Hall–Kier alpha value is -0.770. The van der Waals surface area contributed by atoms with Crippen LogP contribution in [-0.2, 0) is 13.0 Å². The van der Waals surface area contributed by atoms with Crippen LogP contribution in [0.3, 0.4) is 0 Å². The first-order chi connectivity index (χ1) is 9.14. The molecule has 1 aliphatic carbocycles. The summed E-state index contributed by atoms with van der Waals surface area (Å²) in [7, 11) is 0. The Labute approximate surface area is 118 Å². The van der Waals surface area contributed by atoms with Gasteiger partial charge in [-0.25, -0.2) is 0 Å². The van der Waals surface area contributed by atoms with Crippen molar-refractivity contribution < 1.29 is 9.84 Å². The van der Waals surface area contributed by atoms with Crippen molar-refractivity contribution in [3.05, 3.63) is 28.3 Å². The Bertz CT molecular complexity index is 521. The first-order valence-electron chi connectivity index (χ1n) is 7.03. The van der Waals surface area contributed by atoms with E-state index in [2.05, 4.69) is 4.90 Å². The maximum atomic E-state index is 10.3. The van der Waals surface area contributed by atoms with Gasteiger partial charge in [0.05, 0.1) is 12.2 Å². The number of aliphatic hydroxyl groups is 1. The minimum absolute atomic E-state index is 0.414. The number of likely N-dealkylation sites (tertiary alicyclic amines) is 1. The van der Waals surface area contributed by atoms with E-state index in [0.29, 0.717) is 5.92 Å². The number of ether oxygens (including phenoxy) is 1. The monoisotopic (exact) mass is 279 g/mol. The van der Waals surface area contributed by atoms with Crippen LogP contribution in [0.4, 0.5) is 0 Å². The Morgan fingerprint density at radius 2 is 2.16 bits per heavy atom. The van der Waals surface area contributed by atoms with Gasteiger partial charge in [0.1, 0.15) is 5.75 Å². The molecule has 0 unspecified atom stereocenters. The van der Waals surface area contributed by atoms with Crippen LogP contribution in [0.2, 0.25) is 5.02 Å². The molecule has 2 fully saturated rings. The smallest absolute Gasteiger partial charge is 0.127 e. The Morgan fingerprint density at radius 1 is 1.37 bits per heavy atom. The third kappa shape index (κ3) is 2.04. The highest BCUT2D eigenvalue weighted by atomic mass is 35.5. The lowest BCUT2D eigenvalue weighted by molar-refractivity contribution is -0.116. The van der Waals surface area contributed by atoms with Crippen molar-refractivity contribution >= 4 is 11.6 Å². The van der Waals surface area contributed by atoms with Gasteiger partial charge >= 0.3 is 0 Å². The second kappa shape index (κ2) is 4.11. The van der Waals surface area contributed by atoms with Crippen molar-refractivity contribution in [3.63, 3.8) is 0 Å². The minimum atomic E-state index is -0.414. The molecular formula is C15H18ClNO2. The van der Waals surface area contributed by atoms with Crippen molar-refractivity contribution in [2.24, 2.45) is 5.92 Å². The molecular weight excluding hydrogens is 262 g/mol. The molecule has 3 aliphatic rings. The summed E-state index contributed by atoms with van der Waals surface area (Å²) in [4.78, 5) is 2.28. The van der Waals surface area contributed by atoms with E-state index in [0.717, 1.165) is 49.0 Å². The van der Waals surface area contributed by atoms with Gasteiger partial charge in [0.25, 0.3) is 0 Å². The Kier molecular flexibility index (Phi) is 2.60. The van der Waals surface area contributed by atoms with E-state index in [1.807, 2.05) is 12.1 Å². The molecule has 1 saturated carbocycles. The first-order valence-corrected chi connectivity index (χ1v) is 7.41. The van der Waals surface area contributed by atoms with Gasteiger partial charge in [-0.1, -0.05) is 11.6 Å². The van der Waals surface area contributed by atoms with Crippen LogP contribution in [0.15, 0.2) is 12.1 Å². The molecule has 2 aliphatic heterocycles. The molecule has 0 atom stereocenters. The van der Waals surface area contributed by atoms with E-state index >= 15 is 0 Å². The molecule has 19 heavy (non-hydrogen) atoms. The molecule has 1 aromatic rings. The summed E-state index contributed by atoms with van der Waals surface area (Å²) in [6.07, 6.45) is 3.34. The standard InChI is InChI=1S/C15H18ClNO2/c16-13-5-10-3-4-19-14(10)11(6-13)7-17-8-15(18,9-17)12-1-2-12/h5-6,12,18H,1-4,7-9H2. The highest BCUT2D eigenvalue weighted by Crippen LogP contribution is 2.45. The van der Waals surface area contributed by atoms with Crippen molar-refractivity contribution in [2.75, 3.05) is 19.7 Å². The second-order valence-electron chi connectivity index (χ2n) is 6.17. The van der Waals surface area contributed by atoms with Crippen LogP contribution in [0.1, 0.15) is 24.0 Å². The summed E-state index contributed by atoms with van der Waals surface area (Å²) in [6.45, 7) is 3.17. The Balaban J connectivity index is 1.49. The number of β-amino-alcohol motifs (C(OH)–C–C–N with tert-alkyl or cyclic N) is 1. The van der Waals surface area contributed by atoms with E-state index in [1.165, 1.54) is 18.4 Å². The van der Waals surface area contributed by atoms with Gasteiger partial charge < -0.3 is 9.84 Å². The third-order valence-electron chi connectivity index (χ3n) is 4.55. The molecule has 2 heterocycles. The molecule has 1 aromatic carbocycles. The molecule has 0 radical (unpaired) electrons. The highest BCUT2D eigenvalue weighted by Gasteiger charge is 2.51. The van der Waals surface area contributed by atoms with Gasteiger partial charge in [0, 0.05) is 36.6 Å². The topological polar surface area (TPSA) is 32.7 Å². The molecule has 0 spiro atoms. The molecule has 1 saturated heterocycles. The summed E-state index contributed by atoms with van der Waals surface area (Å²) in [5, 5.41) is 11.1. The zero-order valence-electron chi connectivity index (χ0n) is 10.9. The average molecular weight is 280 g/mol. The predicted octanol–water partition coefficient (Wildman–Crippen LogP) is 2.23. The molecule has 3 nitrogen and oxygen atoms in total. The molecule has 4 heteroatoms. The van der Waals surface area contributed by atoms with Crippen LogP contribution in [-0.4, -0.2) is 35.3 Å². The fourth-order valence-corrected chi connectivity index (χ4v) is 3.69. The fraction of sp³-hybridized carbons (Fsp3) is 0.600. The second-order valence-corrected chi connectivity index (χ2v) is 6.61. The van der Waals surface area contributed by atoms with E-state index in [9.17, 15) is 5.11 Å². The fourth-order valence-electron chi connectivity index (χ4n) is 3.42. The lowest BCUT2D eigenvalue weighted by atomic mass is 9.88. The Morgan fingerprint density at radius 3 is 2.89 bits per heavy atom. The molecule has 0 aromatic heterocycles. The van der Waals surface area contributed by atoms with E-state index in [4.69, 9.17) is 16.3 Å². The number of hydrogen-bond donors (Lipinski definition) is 1. The molecule has 102 valence electrons. The number of hydrogen-bond acceptors (Lipinski definition) is 3. The lowest BCUT2D eigenvalue weighted by Crippen LogP contribution is -2.62. The first kappa shape index (κ1) is 12.0. The summed E-state index contributed by atoms with van der Waals surface area (Å²) in [5.41, 5.74) is 1.97. The zero-order valence-corrected chi connectivity index (χ0v) is 11.6. The van der Waals surface area contributed by atoms with Crippen LogP contribution >= 0.6 is 11.6 Å².